The summed E-state index contributed by atoms with van der Waals surface area (Å²) in [5.41, 5.74) is 3.95. The number of anilines is 2. The number of rotatable bonds is 6. The molecule has 1 amide bonds. The molecule has 35 heavy (non-hydrogen) atoms. The first-order valence-corrected chi connectivity index (χ1v) is 11.5. The largest absolute Gasteiger partial charge is 0.497 e. The topological polar surface area (TPSA) is 63.6 Å². The highest BCUT2D eigenvalue weighted by atomic mass is 16.5. The molecule has 0 unspecified atom stereocenters. The van der Waals surface area contributed by atoms with Gasteiger partial charge < -0.3 is 19.1 Å². The van der Waals surface area contributed by atoms with Crippen LogP contribution in [0.3, 0.4) is 0 Å². The van der Waals surface area contributed by atoms with Crippen LogP contribution in [-0.2, 0) is 9.53 Å². The van der Waals surface area contributed by atoms with Gasteiger partial charge in [0.15, 0.2) is 0 Å². The molecule has 0 aromatic heterocycles. The van der Waals surface area contributed by atoms with E-state index in [0.29, 0.717) is 11.5 Å². The number of carbonyl (C=O) groups excluding carboxylic acids is 1. The molecule has 3 aromatic rings. The van der Waals surface area contributed by atoms with Crippen molar-refractivity contribution in [2.45, 2.75) is 0 Å². The summed E-state index contributed by atoms with van der Waals surface area (Å²) >= 11 is 0. The number of aliphatic imine (C=N–C) groups is 1. The maximum atomic E-state index is 13.6. The van der Waals surface area contributed by atoms with E-state index >= 15 is 0 Å². The lowest BCUT2D eigenvalue weighted by molar-refractivity contribution is -0.113. The van der Waals surface area contributed by atoms with Crippen LogP contribution in [0.25, 0.3) is 6.08 Å². The first kappa shape index (κ1) is 22.7. The minimum absolute atomic E-state index is 0.175. The van der Waals surface area contributed by atoms with Crippen molar-refractivity contribution in [3.05, 3.63) is 89.6 Å². The van der Waals surface area contributed by atoms with Crippen molar-refractivity contribution in [2.24, 2.45) is 4.99 Å². The van der Waals surface area contributed by atoms with E-state index in [4.69, 9.17) is 19.2 Å². The highest BCUT2D eigenvalue weighted by Gasteiger charge is 2.32. The van der Waals surface area contributed by atoms with E-state index in [0.717, 1.165) is 60.3 Å². The third kappa shape index (κ3) is 4.76. The molecular formula is C28H27N3O4. The molecule has 0 spiro atoms. The van der Waals surface area contributed by atoms with Gasteiger partial charge in [-0.2, -0.15) is 0 Å². The van der Waals surface area contributed by atoms with Crippen molar-refractivity contribution in [3.8, 4) is 11.5 Å². The third-order valence-corrected chi connectivity index (χ3v) is 6.11. The molecule has 2 aliphatic rings. The van der Waals surface area contributed by atoms with Crippen molar-refractivity contribution in [1.29, 1.82) is 0 Å². The molecule has 7 nitrogen and oxygen atoms in total. The van der Waals surface area contributed by atoms with Crippen LogP contribution in [0, 0.1) is 0 Å². The fourth-order valence-corrected chi connectivity index (χ4v) is 4.18. The number of hydrogen-bond acceptors (Lipinski definition) is 6. The molecule has 2 aliphatic heterocycles. The van der Waals surface area contributed by atoms with Gasteiger partial charge in [-0.25, -0.2) is 4.99 Å². The highest BCUT2D eigenvalue weighted by molar-refractivity contribution is 6.33. The smallest absolute Gasteiger partial charge is 0.282 e. The number of hydrogen-bond donors (Lipinski definition) is 0. The second kappa shape index (κ2) is 10.0. The van der Waals surface area contributed by atoms with E-state index in [2.05, 4.69) is 4.90 Å². The molecule has 0 aliphatic carbocycles. The molecule has 0 N–H and O–H groups in total. The number of amidine groups is 1. The first-order chi connectivity index (χ1) is 17.2. The number of morpholine rings is 1. The van der Waals surface area contributed by atoms with E-state index in [1.807, 2.05) is 72.8 Å². The predicted octanol–water partition coefficient (Wildman–Crippen LogP) is 4.37. The Morgan fingerprint density at radius 1 is 0.800 bits per heavy atom. The Morgan fingerprint density at radius 3 is 1.97 bits per heavy atom. The fourth-order valence-electron chi connectivity index (χ4n) is 4.18. The van der Waals surface area contributed by atoms with Gasteiger partial charge in [0.25, 0.3) is 5.91 Å². The van der Waals surface area contributed by atoms with E-state index in [9.17, 15) is 4.79 Å². The van der Waals surface area contributed by atoms with E-state index in [-0.39, 0.29) is 5.91 Å². The Labute approximate surface area is 204 Å². The Morgan fingerprint density at radius 2 is 1.37 bits per heavy atom. The maximum Gasteiger partial charge on any atom is 0.282 e. The summed E-state index contributed by atoms with van der Waals surface area (Å²) in [6.07, 6.45) is 1.80. The lowest BCUT2D eigenvalue weighted by atomic mass is 10.1. The summed E-state index contributed by atoms with van der Waals surface area (Å²) in [5.74, 6) is 1.91. The molecule has 1 saturated heterocycles. The maximum absolute atomic E-state index is 13.6. The lowest BCUT2D eigenvalue weighted by Crippen LogP contribution is -2.36. The molecule has 178 valence electrons. The summed E-state index contributed by atoms with van der Waals surface area (Å²) in [7, 11) is 3.26. The summed E-state index contributed by atoms with van der Waals surface area (Å²) in [6.45, 7) is 3.16. The Bertz CT molecular complexity index is 1240. The summed E-state index contributed by atoms with van der Waals surface area (Å²) in [6, 6.07) is 23.1. The molecule has 1 fully saturated rings. The van der Waals surface area contributed by atoms with E-state index < -0.39 is 0 Å². The van der Waals surface area contributed by atoms with E-state index in [1.54, 1.807) is 25.2 Å². The zero-order valence-electron chi connectivity index (χ0n) is 19.8. The molecule has 5 rings (SSSR count). The van der Waals surface area contributed by atoms with Crippen molar-refractivity contribution < 1.29 is 19.0 Å². The summed E-state index contributed by atoms with van der Waals surface area (Å²) < 4.78 is 16.0. The lowest BCUT2D eigenvalue weighted by Gasteiger charge is -2.29. The summed E-state index contributed by atoms with van der Waals surface area (Å²) in [5, 5.41) is 0. The second-order valence-electron chi connectivity index (χ2n) is 8.22. The van der Waals surface area contributed by atoms with Crippen LogP contribution < -0.4 is 19.3 Å². The van der Waals surface area contributed by atoms with Crippen LogP contribution in [0.4, 0.5) is 11.4 Å². The first-order valence-electron chi connectivity index (χ1n) is 11.5. The number of nitrogens with zero attached hydrogens (tertiary/aromatic N) is 3. The Balaban J connectivity index is 1.50. The van der Waals surface area contributed by atoms with Gasteiger partial charge in [0, 0.05) is 24.3 Å². The van der Waals surface area contributed by atoms with Crippen molar-refractivity contribution >= 4 is 29.2 Å². The van der Waals surface area contributed by atoms with Crippen molar-refractivity contribution in [2.75, 3.05) is 50.3 Å². The van der Waals surface area contributed by atoms with E-state index in [1.165, 1.54) is 0 Å². The molecule has 3 aromatic carbocycles. The van der Waals surface area contributed by atoms with Gasteiger partial charge in [-0.05, 0) is 72.3 Å². The van der Waals surface area contributed by atoms with Gasteiger partial charge in [0.1, 0.15) is 23.0 Å². The summed E-state index contributed by atoms with van der Waals surface area (Å²) in [4.78, 5) is 22.3. The average molecular weight is 470 g/mol. The minimum atomic E-state index is -0.175. The van der Waals surface area contributed by atoms with Crippen LogP contribution in [0.2, 0.25) is 0 Å². The number of benzene rings is 3. The van der Waals surface area contributed by atoms with Crippen LogP contribution in [0.1, 0.15) is 11.1 Å². The Hall–Kier alpha value is -4.10. The van der Waals surface area contributed by atoms with Gasteiger partial charge in [-0.3, -0.25) is 9.69 Å². The predicted molar refractivity (Wildman–Crippen MR) is 137 cm³/mol. The third-order valence-electron chi connectivity index (χ3n) is 6.11. The van der Waals surface area contributed by atoms with Gasteiger partial charge in [0.2, 0.25) is 0 Å². The molecule has 0 saturated carbocycles. The van der Waals surface area contributed by atoms with Gasteiger partial charge in [-0.1, -0.05) is 12.1 Å². The van der Waals surface area contributed by atoms with Crippen molar-refractivity contribution in [3.63, 3.8) is 0 Å². The van der Waals surface area contributed by atoms with Crippen molar-refractivity contribution in [1.82, 2.24) is 0 Å². The Kier molecular flexibility index (Phi) is 6.50. The number of methoxy groups -OCH3 is 2. The second-order valence-corrected chi connectivity index (χ2v) is 8.22. The quantitative estimate of drug-likeness (QED) is 0.502. The average Bonchev–Trinajstić information content (AvgIpc) is 3.25. The normalized spacial score (nSPS) is 17.0. The SMILES string of the molecule is COc1ccc(/C=C2\N=C(c3ccc(OC)cc3)N(c3ccc(N4CCOCC4)cc3)C2=O)cc1. The highest BCUT2D eigenvalue weighted by Crippen LogP contribution is 2.30. The molecule has 0 radical (unpaired) electrons. The molecular weight excluding hydrogens is 442 g/mol. The standard InChI is InChI=1S/C28H27N3O4/c1-33-24-11-3-20(4-12-24)19-26-28(32)31(27(29-26)21-5-13-25(34-2)14-6-21)23-9-7-22(8-10-23)30-15-17-35-18-16-30/h3-14,19H,15-18H2,1-2H3/b26-19-. The van der Waals surface area contributed by atoms with Gasteiger partial charge >= 0.3 is 0 Å². The van der Waals surface area contributed by atoms with Crippen LogP contribution in [0.15, 0.2) is 83.5 Å². The minimum Gasteiger partial charge on any atom is -0.497 e. The fraction of sp³-hybridized carbons (Fsp3) is 0.214. The van der Waals surface area contributed by atoms with Crippen LogP contribution >= 0.6 is 0 Å². The number of carbonyl (C=O) groups is 1. The molecule has 0 atom stereocenters. The molecule has 0 bridgehead atoms. The zero-order chi connectivity index (χ0) is 24.2. The molecule has 2 heterocycles. The van der Waals surface area contributed by atoms with Crippen LogP contribution in [0.5, 0.6) is 11.5 Å². The van der Waals surface area contributed by atoms with Gasteiger partial charge in [0.05, 0.1) is 33.1 Å². The monoisotopic (exact) mass is 469 g/mol. The zero-order valence-corrected chi connectivity index (χ0v) is 19.8. The van der Waals surface area contributed by atoms with Crippen LogP contribution in [-0.4, -0.2) is 52.3 Å². The number of amides is 1. The van der Waals surface area contributed by atoms with Gasteiger partial charge in [-0.15, -0.1) is 0 Å². The number of ether oxygens (including phenoxy) is 3. The molecule has 7 heteroatoms.